The number of pyridine rings is 1. The smallest absolute Gasteiger partial charge is 0.262 e. The van der Waals surface area contributed by atoms with E-state index in [9.17, 15) is 23.7 Å². The topological polar surface area (TPSA) is 186 Å². The van der Waals surface area contributed by atoms with Gasteiger partial charge >= 0.3 is 0 Å². The predicted molar refractivity (Wildman–Crippen MR) is 251 cm³/mol. The third kappa shape index (κ3) is 9.56. The lowest BCUT2D eigenvalue weighted by atomic mass is 9.95. The van der Waals surface area contributed by atoms with E-state index in [2.05, 4.69) is 45.5 Å². The Balaban J connectivity index is 0.724. The Morgan fingerprint density at radius 2 is 1.52 bits per heavy atom. The lowest BCUT2D eigenvalue weighted by Crippen LogP contribution is -2.54. The van der Waals surface area contributed by atoms with Crippen molar-refractivity contribution >= 4 is 82.3 Å². The Labute approximate surface area is 383 Å². The van der Waals surface area contributed by atoms with Gasteiger partial charge in [-0.05, 0) is 93.8 Å². The monoisotopic (exact) mass is 923 g/mol. The molecule has 5 aliphatic rings. The molecule has 0 saturated carbocycles. The number of aromatic nitrogens is 3. The molecule has 65 heavy (non-hydrogen) atoms. The number of halogens is 1. The van der Waals surface area contributed by atoms with Crippen LogP contribution in [-0.4, -0.2) is 145 Å². The molecule has 3 N–H and O–H groups in total. The Morgan fingerprint density at radius 1 is 0.800 bits per heavy atom. The van der Waals surface area contributed by atoms with Gasteiger partial charge in [-0.15, -0.1) is 0 Å². The summed E-state index contributed by atoms with van der Waals surface area (Å²) in [7, 11) is -0.964. The summed E-state index contributed by atoms with van der Waals surface area (Å²) in [6, 6.07) is 16.3. The Bertz CT molecular complexity index is 2530. The van der Waals surface area contributed by atoms with Crippen LogP contribution in [0.5, 0.6) is 5.88 Å². The molecule has 5 aliphatic heterocycles. The second kappa shape index (κ2) is 18.7. The number of nitrogens with zero attached hydrogens (tertiary/aromatic N) is 8. The molecule has 4 aromatic rings. The Morgan fingerprint density at radius 3 is 2.25 bits per heavy atom. The van der Waals surface area contributed by atoms with E-state index in [-0.39, 0.29) is 18.7 Å². The average Bonchev–Trinajstić information content (AvgIpc) is 3.55. The molecule has 4 fully saturated rings. The van der Waals surface area contributed by atoms with Gasteiger partial charge in [0.25, 0.3) is 11.8 Å². The first-order chi connectivity index (χ1) is 31.3. The summed E-state index contributed by atoms with van der Waals surface area (Å²) in [4.78, 5) is 75.4. The van der Waals surface area contributed by atoms with Crippen molar-refractivity contribution < 1.29 is 28.5 Å². The molecular formula is C46H55ClN11O6P. The summed E-state index contributed by atoms with van der Waals surface area (Å²) in [6.07, 6.45) is 5.97. The number of piperidine rings is 3. The molecule has 342 valence electrons. The number of methoxy groups -OCH3 is 1. The first-order valence-corrected chi connectivity index (χ1v) is 25.4. The Kier molecular flexibility index (Phi) is 12.8. The molecule has 7 heterocycles. The summed E-state index contributed by atoms with van der Waals surface area (Å²) in [6.45, 7) is 12.3. The first-order valence-electron chi connectivity index (χ1n) is 22.4. The van der Waals surface area contributed by atoms with Gasteiger partial charge in [0.15, 0.2) is 5.82 Å². The fourth-order valence-corrected chi connectivity index (χ4v) is 11.1. The third-order valence-electron chi connectivity index (χ3n) is 13.4. The number of ether oxygens (including phenoxy) is 1. The van der Waals surface area contributed by atoms with Gasteiger partial charge in [-0.2, -0.15) is 9.97 Å². The molecule has 2 aromatic carbocycles. The fourth-order valence-electron chi connectivity index (χ4n) is 9.84. The molecule has 19 heteroatoms. The van der Waals surface area contributed by atoms with Crippen molar-refractivity contribution in [2.75, 3.05) is 99.8 Å². The zero-order valence-corrected chi connectivity index (χ0v) is 38.6. The number of hydrogen-bond acceptors (Lipinski definition) is 15. The number of carbonyl (C=O) groups is 4. The zero-order valence-electron chi connectivity index (χ0n) is 37.0. The van der Waals surface area contributed by atoms with Crippen molar-refractivity contribution in [2.45, 2.75) is 50.6 Å². The predicted octanol–water partition coefficient (Wildman–Crippen LogP) is 5.17. The van der Waals surface area contributed by atoms with E-state index >= 15 is 0 Å². The number of para-hydroxylation sites is 1. The number of anilines is 6. The van der Waals surface area contributed by atoms with Gasteiger partial charge in [-0.25, -0.2) is 4.98 Å². The lowest BCUT2D eigenvalue weighted by molar-refractivity contribution is -0.136. The van der Waals surface area contributed by atoms with Crippen LogP contribution in [0.25, 0.3) is 0 Å². The highest BCUT2D eigenvalue weighted by Gasteiger charge is 2.45. The number of rotatable bonds is 12. The highest BCUT2D eigenvalue weighted by Crippen LogP contribution is 2.39. The average molecular weight is 924 g/mol. The number of benzene rings is 2. The summed E-state index contributed by atoms with van der Waals surface area (Å²) >= 11 is 6.48. The quantitative estimate of drug-likeness (QED) is 0.125. The first kappa shape index (κ1) is 44.6. The second-order valence-corrected chi connectivity index (χ2v) is 21.5. The molecule has 2 aromatic heterocycles. The minimum Gasteiger partial charge on any atom is -0.479 e. The summed E-state index contributed by atoms with van der Waals surface area (Å²) < 4.78 is 18.6. The van der Waals surface area contributed by atoms with Crippen molar-refractivity contribution in [3.05, 3.63) is 76.9 Å². The molecule has 4 saturated heterocycles. The second-order valence-electron chi connectivity index (χ2n) is 17.9. The van der Waals surface area contributed by atoms with E-state index in [1.165, 1.54) is 6.20 Å². The molecule has 0 radical (unpaired) electrons. The van der Waals surface area contributed by atoms with Gasteiger partial charge in [-0.1, -0.05) is 23.7 Å². The van der Waals surface area contributed by atoms with Gasteiger partial charge < -0.3 is 34.6 Å². The maximum absolute atomic E-state index is 13.4. The molecule has 9 rings (SSSR count). The number of nitrogens with one attached hydrogen (secondary N) is 3. The van der Waals surface area contributed by atoms with E-state index in [0.717, 1.165) is 101 Å². The Hall–Kier alpha value is -5.61. The maximum atomic E-state index is 13.4. The number of piperazine rings is 1. The SMILES string of the molecule is COc1nc(N2CCC(N3CCN(CC4CCN(c5ccc6c(c5)C(=O)N(C5CCC(=O)NC5=O)C6=O)CC4)CC3)CC2)ccc1Nc1ncc(Cl)c(Nc2ccccc2P(C)(C)=O)n1. The van der Waals surface area contributed by atoms with Crippen LogP contribution in [0.4, 0.5) is 34.6 Å². The molecule has 0 spiro atoms. The van der Waals surface area contributed by atoms with Crippen molar-refractivity contribution in [2.24, 2.45) is 5.92 Å². The van der Waals surface area contributed by atoms with Gasteiger partial charge in [0, 0.05) is 82.4 Å². The van der Waals surface area contributed by atoms with Gasteiger partial charge in [0.05, 0.1) is 30.1 Å². The van der Waals surface area contributed by atoms with Crippen LogP contribution in [0, 0.1) is 5.92 Å². The zero-order chi connectivity index (χ0) is 45.4. The molecule has 17 nitrogen and oxygen atoms in total. The highest BCUT2D eigenvalue weighted by atomic mass is 35.5. The van der Waals surface area contributed by atoms with Crippen LogP contribution in [0.15, 0.2) is 60.8 Å². The van der Waals surface area contributed by atoms with Crippen LogP contribution >= 0.6 is 18.7 Å². The normalized spacial score (nSPS) is 20.6. The molecule has 4 amide bonds. The van der Waals surface area contributed by atoms with Crippen LogP contribution in [0.3, 0.4) is 0 Å². The molecule has 1 atom stereocenters. The number of hydrogen-bond donors (Lipinski definition) is 3. The molecule has 0 bridgehead atoms. The molecular weight excluding hydrogens is 869 g/mol. The third-order valence-corrected chi connectivity index (χ3v) is 15.2. The minimum absolute atomic E-state index is 0.0971. The van der Waals surface area contributed by atoms with E-state index in [1.54, 1.807) is 32.6 Å². The van der Waals surface area contributed by atoms with E-state index in [0.29, 0.717) is 62.4 Å². The fraction of sp³-hybridized carbons (Fsp3) is 0.457. The largest absolute Gasteiger partial charge is 0.479 e. The number of fused-ring (bicyclic) bond motifs is 1. The van der Waals surface area contributed by atoms with Crippen LogP contribution in [-0.2, 0) is 14.2 Å². The van der Waals surface area contributed by atoms with E-state index in [1.807, 2.05) is 42.5 Å². The van der Waals surface area contributed by atoms with Gasteiger partial charge in [-0.3, -0.25) is 34.3 Å². The lowest BCUT2D eigenvalue weighted by Gasteiger charge is -2.44. The minimum atomic E-state index is -2.56. The van der Waals surface area contributed by atoms with Crippen molar-refractivity contribution in [1.82, 2.24) is 35.0 Å². The standard InChI is InChI=1S/C46H55ClN11O6P/c1-64-43-36(50-46-48-27-34(47)41(53-46)49-35-6-4-5-7-38(35)65(2,3)63)10-12-39(51-43)57-20-16-30(17-21-57)56-24-22-54(23-25-56)28-29-14-18-55(19-15-29)31-8-9-32-33(26-31)45(62)58(44(32)61)37-11-13-40(59)52-42(37)60/h4-10,12,26-27,29-30,37H,11,13-25,28H2,1-3H3,(H,52,59,60)(H2,48,49,50,53). The maximum Gasteiger partial charge on any atom is 0.262 e. The van der Waals surface area contributed by atoms with Crippen LogP contribution in [0.1, 0.15) is 59.2 Å². The van der Waals surface area contributed by atoms with E-state index < -0.39 is 30.9 Å². The summed E-state index contributed by atoms with van der Waals surface area (Å²) in [5.74, 6) is 0.632. The highest BCUT2D eigenvalue weighted by molar-refractivity contribution is 7.70. The van der Waals surface area contributed by atoms with Crippen LogP contribution < -0.4 is 35.8 Å². The number of carbonyl (C=O) groups excluding carboxylic acids is 4. The van der Waals surface area contributed by atoms with Gasteiger partial charge in [0.2, 0.25) is 23.6 Å². The van der Waals surface area contributed by atoms with Gasteiger partial charge in [0.1, 0.15) is 29.7 Å². The summed E-state index contributed by atoms with van der Waals surface area (Å²) in [5.41, 5.74) is 2.84. The molecule has 0 aliphatic carbocycles. The van der Waals surface area contributed by atoms with E-state index in [4.69, 9.17) is 21.3 Å². The summed E-state index contributed by atoms with van der Waals surface area (Å²) in [5, 5.41) is 9.76. The van der Waals surface area contributed by atoms with Crippen LogP contribution in [0.2, 0.25) is 5.02 Å². The number of amides is 4. The van der Waals surface area contributed by atoms with Crippen molar-refractivity contribution in [3.8, 4) is 5.88 Å². The van der Waals surface area contributed by atoms with Crippen molar-refractivity contribution in [1.29, 1.82) is 0 Å². The number of imide groups is 2. The van der Waals surface area contributed by atoms with Crippen molar-refractivity contribution in [3.63, 3.8) is 0 Å². The molecule has 1 unspecified atom stereocenters.